The second kappa shape index (κ2) is 6.96. The largest absolute Gasteiger partial charge is 0.468 e. The topological polar surface area (TPSA) is 25.2 Å². The summed E-state index contributed by atoms with van der Waals surface area (Å²) in [4.78, 5) is 0. The predicted octanol–water partition coefficient (Wildman–Crippen LogP) is 2.82. The number of aryl methyl sites for hydroxylation is 1. The molecule has 0 aromatic carbocycles. The fraction of sp³-hybridized carbons (Fsp3) is 0.636. The van der Waals surface area contributed by atoms with Crippen molar-refractivity contribution in [2.24, 2.45) is 0 Å². The van der Waals surface area contributed by atoms with Crippen LogP contribution in [0.2, 0.25) is 0 Å². The van der Waals surface area contributed by atoms with Gasteiger partial charge in [0.25, 0.3) is 0 Å². The maximum atomic E-state index is 5.36. The lowest BCUT2D eigenvalue weighted by Crippen LogP contribution is -2.14. The third kappa shape index (κ3) is 4.20. The van der Waals surface area contributed by atoms with Crippen LogP contribution in [0.25, 0.3) is 0 Å². The van der Waals surface area contributed by atoms with E-state index in [1.54, 1.807) is 6.26 Å². The summed E-state index contributed by atoms with van der Waals surface area (Å²) in [7, 11) is 0. The fourth-order valence-electron chi connectivity index (χ4n) is 1.19. The van der Waals surface area contributed by atoms with E-state index in [1.807, 2.05) is 17.8 Å². The van der Waals surface area contributed by atoms with Gasteiger partial charge < -0.3 is 9.73 Å². The molecule has 0 unspecified atom stereocenters. The zero-order valence-corrected chi connectivity index (χ0v) is 9.82. The molecule has 1 heterocycles. The van der Waals surface area contributed by atoms with Gasteiger partial charge in [0.2, 0.25) is 0 Å². The zero-order valence-electron chi connectivity index (χ0n) is 9.01. The number of rotatable bonds is 7. The van der Waals surface area contributed by atoms with E-state index in [0.717, 1.165) is 24.6 Å². The SMILES string of the molecule is CCNCCCSCc1occc1C. The quantitative estimate of drug-likeness (QED) is 0.705. The first-order valence-corrected chi connectivity index (χ1v) is 6.31. The Bertz CT molecular complexity index is 247. The van der Waals surface area contributed by atoms with Gasteiger partial charge in [-0.3, -0.25) is 0 Å². The van der Waals surface area contributed by atoms with Gasteiger partial charge in [-0.1, -0.05) is 6.92 Å². The minimum atomic E-state index is 1.00. The highest BCUT2D eigenvalue weighted by Gasteiger charge is 2.00. The molecular weight excluding hydrogens is 194 g/mol. The number of hydrogen-bond acceptors (Lipinski definition) is 3. The number of nitrogens with one attached hydrogen (secondary N) is 1. The first-order chi connectivity index (χ1) is 6.84. The van der Waals surface area contributed by atoms with E-state index in [2.05, 4.69) is 19.2 Å². The van der Waals surface area contributed by atoms with Crippen molar-refractivity contribution in [2.45, 2.75) is 26.0 Å². The van der Waals surface area contributed by atoms with Crippen LogP contribution in [0.1, 0.15) is 24.7 Å². The van der Waals surface area contributed by atoms with E-state index >= 15 is 0 Å². The Morgan fingerprint density at radius 1 is 1.50 bits per heavy atom. The van der Waals surface area contributed by atoms with Crippen LogP contribution in [-0.4, -0.2) is 18.8 Å². The fourth-order valence-corrected chi connectivity index (χ4v) is 2.17. The molecule has 1 N–H and O–H groups in total. The van der Waals surface area contributed by atoms with E-state index in [9.17, 15) is 0 Å². The highest BCUT2D eigenvalue weighted by Crippen LogP contribution is 2.17. The maximum absolute atomic E-state index is 5.36. The van der Waals surface area contributed by atoms with Crippen LogP contribution in [0, 0.1) is 6.92 Å². The molecule has 2 nitrogen and oxygen atoms in total. The van der Waals surface area contributed by atoms with E-state index in [0.29, 0.717) is 0 Å². The molecule has 0 saturated heterocycles. The van der Waals surface area contributed by atoms with Crippen molar-refractivity contribution < 1.29 is 4.42 Å². The second-order valence-corrected chi connectivity index (χ2v) is 4.39. The van der Waals surface area contributed by atoms with Crippen molar-refractivity contribution in [1.29, 1.82) is 0 Å². The molecule has 0 bridgehead atoms. The summed E-state index contributed by atoms with van der Waals surface area (Å²) in [5.74, 6) is 3.33. The van der Waals surface area contributed by atoms with Gasteiger partial charge >= 0.3 is 0 Å². The highest BCUT2D eigenvalue weighted by molar-refractivity contribution is 7.98. The summed E-state index contributed by atoms with van der Waals surface area (Å²) in [6.45, 7) is 6.43. The number of thioether (sulfide) groups is 1. The van der Waals surface area contributed by atoms with Crippen molar-refractivity contribution in [1.82, 2.24) is 5.32 Å². The lowest BCUT2D eigenvalue weighted by Gasteiger charge is -2.01. The second-order valence-electron chi connectivity index (χ2n) is 3.29. The van der Waals surface area contributed by atoms with E-state index in [4.69, 9.17) is 4.42 Å². The van der Waals surface area contributed by atoms with Gasteiger partial charge in [-0.2, -0.15) is 11.8 Å². The Balaban J connectivity index is 2.02. The van der Waals surface area contributed by atoms with Gasteiger partial charge in [0.05, 0.1) is 12.0 Å². The van der Waals surface area contributed by atoms with Gasteiger partial charge in [-0.25, -0.2) is 0 Å². The molecular formula is C11H19NOS. The van der Waals surface area contributed by atoms with Crippen molar-refractivity contribution in [3.8, 4) is 0 Å². The highest BCUT2D eigenvalue weighted by atomic mass is 32.2. The zero-order chi connectivity index (χ0) is 10.2. The minimum Gasteiger partial charge on any atom is -0.468 e. The molecule has 14 heavy (non-hydrogen) atoms. The van der Waals surface area contributed by atoms with Crippen LogP contribution in [0.3, 0.4) is 0 Å². The molecule has 0 atom stereocenters. The van der Waals surface area contributed by atoms with E-state index < -0.39 is 0 Å². The van der Waals surface area contributed by atoms with Crippen molar-refractivity contribution in [2.75, 3.05) is 18.8 Å². The summed E-state index contributed by atoms with van der Waals surface area (Å²) in [6, 6.07) is 2.02. The molecule has 0 aliphatic rings. The van der Waals surface area contributed by atoms with Gasteiger partial charge in [-0.05, 0) is 43.8 Å². The molecule has 3 heteroatoms. The molecule has 0 spiro atoms. The van der Waals surface area contributed by atoms with Crippen LogP contribution in [-0.2, 0) is 5.75 Å². The molecule has 0 saturated carbocycles. The smallest absolute Gasteiger partial charge is 0.116 e. The van der Waals surface area contributed by atoms with E-state index in [-0.39, 0.29) is 0 Å². The molecule has 1 aromatic rings. The summed E-state index contributed by atoms with van der Waals surface area (Å²) in [5, 5.41) is 3.32. The average Bonchev–Trinajstić information content (AvgIpc) is 2.58. The van der Waals surface area contributed by atoms with Crippen LogP contribution in [0.5, 0.6) is 0 Å². The molecule has 0 aliphatic carbocycles. The van der Waals surface area contributed by atoms with Gasteiger partial charge in [-0.15, -0.1) is 0 Å². The van der Waals surface area contributed by atoms with Gasteiger partial charge in [0, 0.05) is 0 Å². The Morgan fingerprint density at radius 3 is 3.00 bits per heavy atom. The van der Waals surface area contributed by atoms with Gasteiger partial charge in [0.1, 0.15) is 5.76 Å². The average molecular weight is 213 g/mol. The Hall–Kier alpha value is -0.410. The molecule has 0 fully saturated rings. The third-order valence-corrected chi connectivity index (χ3v) is 3.14. The Kier molecular flexibility index (Phi) is 5.80. The first kappa shape index (κ1) is 11.7. The normalized spacial score (nSPS) is 10.7. The monoisotopic (exact) mass is 213 g/mol. The molecule has 0 amide bonds. The van der Waals surface area contributed by atoms with Crippen LogP contribution in [0.4, 0.5) is 0 Å². The molecule has 1 aromatic heterocycles. The summed E-state index contributed by atoms with van der Waals surface area (Å²) >= 11 is 1.94. The third-order valence-electron chi connectivity index (χ3n) is 2.09. The van der Waals surface area contributed by atoms with Crippen molar-refractivity contribution in [3.05, 3.63) is 23.7 Å². The van der Waals surface area contributed by atoms with Crippen LogP contribution >= 0.6 is 11.8 Å². The Morgan fingerprint density at radius 2 is 2.36 bits per heavy atom. The summed E-state index contributed by atoms with van der Waals surface area (Å²) in [5.41, 5.74) is 1.27. The van der Waals surface area contributed by atoms with Crippen LogP contribution in [0.15, 0.2) is 16.7 Å². The molecule has 1 rings (SSSR count). The van der Waals surface area contributed by atoms with E-state index in [1.165, 1.54) is 17.7 Å². The van der Waals surface area contributed by atoms with Gasteiger partial charge in [0.15, 0.2) is 0 Å². The van der Waals surface area contributed by atoms with Crippen molar-refractivity contribution >= 4 is 11.8 Å². The lowest BCUT2D eigenvalue weighted by atomic mass is 10.3. The standard InChI is InChI=1S/C11H19NOS/c1-3-12-6-4-8-14-9-11-10(2)5-7-13-11/h5,7,12H,3-4,6,8-9H2,1-2H3. The van der Waals surface area contributed by atoms with Crippen LogP contribution < -0.4 is 5.32 Å². The number of hydrogen-bond donors (Lipinski definition) is 1. The molecule has 0 aliphatic heterocycles. The molecule has 0 radical (unpaired) electrons. The first-order valence-electron chi connectivity index (χ1n) is 5.16. The summed E-state index contributed by atoms with van der Waals surface area (Å²) < 4.78 is 5.36. The predicted molar refractivity (Wildman–Crippen MR) is 62.8 cm³/mol. The number of furan rings is 1. The lowest BCUT2D eigenvalue weighted by molar-refractivity contribution is 0.528. The minimum absolute atomic E-state index is 1.00. The summed E-state index contributed by atoms with van der Waals surface area (Å²) in [6.07, 6.45) is 3.00. The van der Waals surface area contributed by atoms with Crippen molar-refractivity contribution in [3.63, 3.8) is 0 Å². The Labute approximate surface area is 90.5 Å². The maximum Gasteiger partial charge on any atom is 0.116 e. The molecule has 80 valence electrons.